The van der Waals surface area contributed by atoms with Gasteiger partial charge in [-0.25, -0.2) is 8.78 Å². The van der Waals surface area contributed by atoms with Crippen LogP contribution in [0.2, 0.25) is 0 Å². The zero-order chi connectivity index (χ0) is 13.1. The maximum absolute atomic E-state index is 13.5. The van der Waals surface area contributed by atoms with E-state index >= 15 is 0 Å². The molecule has 0 spiro atoms. The van der Waals surface area contributed by atoms with Crippen molar-refractivity contribution in [3.8, 4) is 0 Å². The molecule has 0 saturated carbocycles. The van der Waals surface area contributed by atoms with Gasteiger partial charge in [-0.3, -0.25) is 4.79 Å². The van der Waals surface area contributed by atoms with Crippen LogP contribution in [0.15, 0.2) is 18.2 Å². The summed E-state index contributed by atoms with van der Waals surface area (Å²) in [5.74, 6) is -1.07. The molecule has 1 aromatic carbocycles. The van der Waals surface area contributed by atoms with Crippen LogP contribution in [-0.2, 0) is 4.79 Å². The Balaban J connectivity index is 1.95. The van der Waals surface area contributed by atoms with Crippen molar-refractivity contribution in [2.45, 2.75) is 31.8 Å². The van der Waals surface area contributed by atoms with E-state index in [1.54, 1.807) is 6.92 Å². The summed E-state index contributed by atoms with van der Waals surface area (Å²) in [5, 5.41) is 5.85. The highest BCUT2D eigenvalue weighted by Gasteiger charge is 2.22. The van der Waals surface area contributed by atoms with Crippen molar-refractivity contribution in [2.75, 3.05) is 6.54 Å². The summed E-state index contributed by atoms with van der Waals surface area (Å²) >= 11 is 0. The third-order valence-corrected chi connectivity index (χ3v) is 3.19. The van der Waals surface area contributed by atoms with Gasteiger partial charge in [0, 0.05) is 30.6 Å². The largest absolute Gasteiger partial charge is 0.352 e. The minimum atomic E-state index is -0.551. The first-order valence-corrected chi connectivity index (χ1v) is 6.04. The molecule has 1 fully saturated rings. The molecule has 1 amide bonds. The maximum atomic E-state index is 13.5. The Labute approximate surface area is 105 Å². The summed E-state index contributed by atoms with van der Waals surface area (Å²) in [6.07, 6.45) is 1.28. The highest BCUT2D eigenvalue weighted by Crippen LogP contribution is 2.20. The number of hydrogen-bond acceptors (Lipinski definition) is 2. The molecule has 5 heteroatoms. The molecule has 1 aliphatic heterocycles. The van der Waals surface area contributed by atoms with Crippen LogP contribution in [0.3, 0.4) is 0 Å². The van der Waals surface area contributed by atoms with Crippen LogP contribution < -0.4 is 10.6 Å². The number of rotatable bonds is 4. The molecule has 0 aromatic heterocycles. The molecule has 0 bridgehead atoms. The molecule has 2 atom stereocenters. The highest BCUT2D eigenvalue weighted by atomic mass is 19.1. The Morgan fingerprint density at radius 3 is 2.67 bits per heavy atom. The second-order valence-electron chi connectivity index (χ2n) is 4.57. The number of amides is 1. The molecule has 1 aromatic rings. The average Bonchev–Trinajstić information content (AvgIpc) is 2.72. The highest BCUT2D eigenvalue weighted by molar-refractivity contribution is 5.78. The molecule has 2 N–H and O–H groups in total. The fraction of sp³-hybridized carbons (Fsp3) is 0.462. The van der Waals surface area contributed by atoms with Crippen molar-refractivity contribution in [1.29, 1.82) is 0 Å². The van der Waals surface area contributed by atoms with E-state index in [4.69, 9.17) is 0 Å². The van der Waals surface area contributed by atoms with E-state index in [2.05, 4.69) is 10.6 Å². The summed E-state index contributed by atoms with van der Waals surface area (Å²) < 4.78 is 27.0. The minimum Gasteiger partial charge on any atom is -0.352 e. The molecular formula is C13H16F2N2O. The number of benzene rings is 1. The van der Waals surface area contributed by atoms with Crippen LogP contribution in [0.5, 0.6) is 0 Å². The van der Waals surface area contributed by atoms with Gasteiger partial charge in [0.25, 0.3) is 0 Å². The first-order chi connectivity index (χ1) is 8.58. The number of hydrogen-bond donors (Lipinski definition) is 2. The lowest BCUT2D eigenvalue weighted by Gasteiger charge is -2.18. The third kappa shape index (κ3) is 2.85. The molecule has 3 nitrogen and oxygen atoms in total. The summed E-state index contributed by atoms with van der Waals surface area (Å²) in [7, 11) is 0. The van der Waals surface area contributed by atoms with Gasteiger partial charge in [-0.15, -0.1) is 0 Å². The molecule has 1 heterocycles. The van der Waals surface area contributed by atoms with Crippen molar-refractivity contribution in [3.05, 3.63) is 35.4 Å². The van der Waals surface area contributed by atoms with Crippen LogP contribution in [0.1, 0.15) is 31.4 Å². The van der Waals surface area contributed by atoms with E-state index in [9.17, 15) is 13.6 Å². The van der Waals surface area contributed by atoms with Crippen LogP contribution in [0.4, 0.5) is 8.78 Å². The SMILES string of the molecule is CC(NCC1CCC(=O)N1)c1c(F)cccc1F. The van der Waals surface area contributed by atoms with Crippen molar-refractivity contribution >= 4 is 5.91 Å². The van der Waals surface area contributed by atoms with E-state index in [1.165, 1.54) is 18.2 Å². The summed E-state index contributed by atoms with van der Waals surface area (Å²) in [6, 6.07) is 3.46. The molecule has 2 rings (SSSR count). The second kappa shape index (κ2) is 5.44. The second-order valence-corrected chi connectivity index (χ2v) is 4.57. The first kappa shape index (κ1) is 13.0. The number of nitrogens with one attached hydrogen (secondary N) is 2. The molecule has 2 unspecified atom stereocenters. The van der Waals surface area contributed by atoms with Gasteiger partial charge in [0.15, 0.2) is 0 Å². The molecular weight excluding hydrogens is 238 g/mol. The van der Waals surface area contributed by atoms with Crippen molar-refractivity contribution in [3.63, 3.8) is 0 Å². The van der Waals surface area contributed by atoms with Gasteiger partial charge in [0.1, 0.15) is 11.6 Å². The summed E-state index contributed by atoms with van der Waals surface area (Å²) in [5.41, 5.74) is 0.0434. The zero-order valence-corrected chi connectivity index (χ0v) is 10.2. The summed E-state index contributed by atoms with van der Waals surface area (Å²) in [4.78, 5) is 11.0. The zero-order valence-electron chi connectivity index (χ0n) is 10.2. The quantitative estimate of drug-likeness (QED) is 0.861. The van der Waals surface area contributed by atoms with E-state index < -0.39 is 17.7 Å². The van der Waals surface area contributed by atoms with Crippen LogP contribution in [0.25, 0.3) is 0 Å². The van der Waals surface area contributed by atoms with E-state index in [0.717, 1.165) is 6.42 Å². The van der Waals surface area contributed by atoms with Crippen molar-refractivity contribution < 1.29 is 13.6 Å². The third-order valence-electron chi connectivity index (χ3n) is 3.19. The Kier molecular flexibility index (Phi) is 3.91. The van der Waals surface area contributed by atoms with Gasteiger partial charge in [-0.2, -0.15) is 0 Å². The fourth-order valence-electron chi connectivity index (χ4n) is 2.18. The summed E-state index contributed by atoms with van der Waals surface area (Å²) in [6.45, 7) is 2.22. The van der Waals surface area contributed by atoms with E-state index in [-0.39, 0.29) is 17.5 Å². The van der Waals surface area contributed by atoms with E-state index in [0.29, 0.717) is 13.0 Å². The van der Waals surface area contributed by atoms with Gasteiger partial charge < -0.3 is 10.6 Å². The number of carbonyl (C=O) groups is 1. The van der Waals surface area contributed by atoms with Gasteiger partial charge >= 0.3 is 0 Å². The molecule has 0 aliphatic carbocycles. The van der Waals surface area contributed by atoms with Gasteiger partial charge in [-0.1, -0.05) is 6.07 Å². The van der Waals surface area contributed by atoms with Crippen molar-refractivity contribution in [2.24, 2.45) is 0 Å². The minimum absolute atomic E-state index is 0.0338. The monoisotopic (exact) mass is 254 g/mol. The standard InChI is InChI=1S/C13H16F2N2O/c1-8(13-10(14)3-2-4-11(13)15)16-7-9-5-6-12(18)17-9/h2-4,8-9,16H,5-7H2,1H3,(H,17,18). The van der Waals surface area contributed by atoms with Gasteiger partial charge in [0.05, 0.1) is 0 Å². The number of halogens is 2. The number of carbonyl (C=O) groups excluding carboxylic acids is 1. The molecule has 1 aliphatic rings. The maximum Gasteiger partial charge on any atom is 0.220 e. The van der Waals surface area contributed by atoms with Crippen molar-refractivity contribution in [1.82, 2.24) is 10.6 Å². The first-order valence-electron chi connectivity index (χ1n) is 6.04. The predicted molar refractivity (Wildman–Crippen MR) is 63.9 cm³/mol. The van der Waals surface area contributed by atoms with Gasteiger partial charge in [0.2, 0.25) is 5.91 Å². The Bertz CT molecular complexity index is 430. The average molecular weight is 254 g/mol. The Morgan fingerprint density at radius 1 is 1.44 bits per heavy atom. The lowest BCUT2D eigenvalue weighted by molar-refractivity contribution is -0.119. The van der Waals surface area contributed by atoms with Crippen LogP contribution in [-0.4, -0.2) is 18.5 Å². The Hall–Kier alpha value is -1.49. The predicted octanol–water partition coefficient (Wildman–Crippen LogP) is 1.89. The Morgan fingerprint density at radius 2 is 2.11 bits per heavy atom. The smallest absolute Gasteiger partial charge is 0.220 e. The molecule has 0 radical (unpaired) electrons. The van der Waals surface area contributed by atoms with Gasteiger partial charge in [-0.05, 0) is 25.5 Å². The molecule has 1 saturated heterocycles. The fourth-order valence-corrected chi connectivity index (χ4v) is 2.18. The lowest BCUT2D eigenvalue weighted by Crippen LogP contribution is -2.37. The normalized spacial score (nSPS) is 20.8. The van der Waals surface area contributed by atoms with Crippen LogP contribution in [0, 0.1) is 11.6 Å². The lowest BCUT2D eigenvalue weighted by atomic mass is 10.1. The van der Waals surface area contributed by atoms with E-state index in [1.807, 2.05) is 0 Å². The topological polar surface area (TPSA) is 41.1 Å². The molecule has 98 valence electrons. The molecule has 18 heavy (non-hydrogen) atoms. The van der Waals surface area contributed by atoms with Crippen LogP contribution >= 0.6 is 0 Å².